The molecule has 128 valence electrons. The maximum Gasteiger partial charge on any atom is 0.264 e. The monoisotopic (exact) mass is 338 g/mol. The van der Waals surface area contributed by atoms with Gasteiger partial charge in [0.2, 0.25) is 0 Å². The summed E-state index contributed by atoms with van der Waals surface area (Å²) in [6.07, 6.45) is 4.10. The van der Waals surface area contributed by atoms with Crippen LogP contribution in [0.4, 0.5) is 5.69 Å². The fourth-order valence-electron chi connectivity index (χ4n) is 2.71. The van der Waals surface area contributed by atoms with Crippen LogP contribution in [0, 0.1) is 11.3 Å². The fraction of sp³-hybridized carbons (Fsp3) is 0.278. The predicted octanol–water partition coefficient (Wildman–Crippen LogP) is 1.94. The van der Waals surface area contributed by atoms with Gasteiger partial charge >= 0.3 is 0 Å². The Bertz CT molecular complexity index is 783. The summed E-state index contributed by atoms with van der Waals surface area (Å²) in [5.41, 5.74) is 1.61. The molecule has 0 unspecified atom stereocenters. The number of methoxy groups -OCH3 is 1. The van der Waals surface area contributed by atoms with Crippen molar-refractivity contribution in [2.75, 3.05) is 38.2 Å². The molecule has 0 bridgehead atoms. The number of amides is 1. The number of aromatic nitrogens is 1. The number of ether oxygens (including phenoxy) is 1. The molecule has 0 atom stereocenters. The first-order valence-electron chi connectivity index (χ1n) is 7.89. The summed E-state index contributed by atoms with van der Waals surface area (Å²) in [4.78, 5) is 20.3. The van der Waals surface area contributed by atoms with E-state index in [1.807, 2.05) is 30.3 Å². The zero-order chi connectivity index (χ0) is 17.6. The Morgan fingerprint density at radius 2 is 2.00 bits per heavy atom. The Balaban J connectivity index is 1.63. The Kier molecular flexibility index (Phi) is 5.00. The van der Waals surface area contributed by atoms with Gasteiger partial charge in [0.25, 0.3) is 5.91 Å². The van der Waals surface area contributed by atoms with E-state index in [1.54, 1.807) is 12.0 Å². The van der Waals surface area contributed by atoms with Crippen molar-refractivity contribution < 1.29 is 13.9 Å². The number of anilines is 1. The lowest BCUT2D eigenvalue weighted by Gasteiger charge is -2.36. The van der Waals surface area contributed by atoms with Crippen LogP contribution in [0.1, 0.15) is 5.69 Å². The summed E-state index contributed by atoms with van der Waals surface area (Å²) in [6.45, 7) is 2.53. The maximum absolute atomic E-state index is 12.5. The van der Waals surface area contributed by atoms with Crippen LogP contribution in [0.15, 0.2) is 46.9 Å². The highest BCUT2D eigenvalue weighted by Crippen LogP contribution is 2.21. The van der Waals surface area contributed by atoms with E-state index >= 15 is 0 Å². The third-order valence-corrected chi connectivity index (χ3v) is 4.10. The van der Waals surface area contributed by atoms with Gasteiger partial charge in [0.1, 0.15) is 29.3 Å². The highest BCUT2D eigenvalue weighted by atomic mass is 16.5. The van der Waals surface area contributed by atoms with Crippen molar-refractivity contribution in [1.29, 1.82) is 5.26 Å². The highest BCUT2D eigenvalue weighted by Gasteiger charge is 2.24. The molecular formula is C18H18N4O3. The van der Waals surface area contributed by atoms with Crippen LogP contribution in [0.25, 0.3) is 6.08 Å². The molecule has 2 heterocycles. The lowest BCUT2D eigenvalue weighted by molar-refractivity contribution is -0.126. The molecule has 25 heavy (non-hydrogen) atoms. The minimum absolute atomic E-state index is 0.0618. The molecule has 0 radical (unpaired) electrons. The number of hydrogen-bond acceptors (Lipinski definition) is 6. The number of nitrogens with zero attached hydrogens (tertiary/aromatic N) is 4. The molecule has 0 spiro atoms. The zero-order valence-electron chi connectivity index (χ0n) is 13.9. The molecule has 1 aromatic carbocycles. The van der Waals surface area contributed by atoms with Crippen molar-refractivity contribution in [1.82, 2.24) is 9.88 Å². The summed E-state index contributed by atoms with van der Waals surface area (Å²) >= 11 is 0. The molecule has 7 nitrogen and oxygen atoms in total. The lowest BCUT2D eigenvalue weighted by atomic mass is 10.2. The average molecular weight is 338 g/mol. The van der Waals surface area contributed by atoms with Crippen molar-refractivity contribution >= 4 is 17.7 Å². The van der Waals surface area contributed by atoms with Crippen molar-refractivity contribution in [2.45, 2.75) is 0 Å². The van der Waals surface area contributed by atoms with Crippen LogP contribution in [-0.4, -0.2) is 49.1 Å². The topological polar surface area (TPSA) is 82.6 Å². The highest BCUT2D eigenvalue weighted by molar-refractivity contribution is 6.01. The molecule has 1 aromatic heterocycles. The molecule has 0 N–H and O–H groups in total. The minimum Gasteiger partial charge on any atom is -0.497 e. The number of piperazine rings is 1. The number of rotatable bonds is 4. The molecule has 1 aliphatic rings. The van der Waals surface area contributed by atoms with Crippen molar-refractivity contribution in [3.05, 3.63) is 48.2 Å². The summed E-state index contributed by atoms with van der Waals surface area (Å²) in [5.74, 6) is 0.536. The van der Waals surface area contributed by atoms with Gasteiger partial charge < -0.3 is 19.0 Å². The number of carbonyl (C=O) groups is 1. The quantitative estimate of drug-likeness (QED) is 0.626. The van der Waals surface area contributed by atoms with Gasteiger partial charge in [-0.25, -0.2) is 4.98 Å². The normalized spacial score (nSPS) is 15.0. The number of nitriles is 1. The molecule has 0 aliphatic carbocycles. The summed E-state index contributed by atoms with van der Waals surface area (Å²) in [6, 6.07) is 9.79. The molecule has 1 fully saturated rings. The molecular weight excluding hydrogens is 320 g/mol. The van der Waals surface area contributed by atoms with Crippen LogP contribution in [-0.2, 0) is 4.79 Å². The third-order valence-electron chi connectivity index (χ3n) is 4.10. The largest absolute Gasteiger partial charge is 0.497 e. The van der Waals surface area contributed by atoms with E-state index < -0.39 is 0 Å². The van der Waals surface area contributed by atoms with E-state index in [4.69, 9.17) is 9.15 Å². The van der Waals surface area contributed by atoms with Gasteiger partial charge in [0.15, 0.2) is 6.39 Å². The van der Waals surface area contributed by atoms with Crippen LogP contribution in [0.5, 0.6) is 5.75 Å². The van der Waals surface area contributed by atoms with Crippen molar-refractivity contribution in [3.63, 3.8) is 0 Å². The van der Waals surface area contributed by atoms with Gasteiger partial charge in [0, 0.05) is 31.9 Å². The van der Waals surface area contributed by atoms with E-state index in [-0.39, 0.29) is 11.5 Å². The molecule has 3 rings (SSSR count). The lowest BCUT2D eigenvalue weighted by Crippen LogP contribution is -2.49. The Morgan fingerprint density at radius 1 is 1.28 bits per heavy atom. The predicted molar refractivity (Wildman–Crippen MR) is 91.9 cm³/mol. The van der Waals surface area contributed by atoms with Crippen LogP contribution in [0.2, 0.25) is 0 Å². The van der Waals surface area contributed by atoms with Crippen LogP contribution in [0.3, 0.4) is 0 Å². The number of carbonyl (C=O) groups excluding carboxylic acids is 1. The molecule has 1 saturated heterocycles. The van der Waals surface area contributed by atoms with Crippen LogP contribution < -0.4 is 9.64 Å². The van der Waals surface area contributed by atoms with Crippen molar-refractivity contribution in [3.8, 4) is 11.8 Å². The van der Waals surface area contributed by atoms with Crippen LogP contribution >= 0.6 is 0 Å². The van der Waals surface area contributed by atoms with E-state index in [2.05, 4.69) is 9.88 Å². The standard InChI is InChI=1S/C18H18N4O3/c1-24-17-4-2-16(3-5-17)21-6-8-22(9-7-21)18(23)14(11-19)10-15-12-25-13-20-15/h2-5,10,12-13H,6-9H2,1H3/b14-10-. The average Bonchev–Trinajstić information content (AvgIpc) is 3.19. The Hall–Kier alpha value is -3.27. The maximum atomic E-state index is 12.5. The van der Waals surface area contributed by atoms with E-state index in [0.717, 1.165) is 11.4 Å². The van der Waals surface area contributed by atoms with Gasteiger partial charge in [0.05, 0.1) is 7.11 Å². The van der Waals surface area contributed by atoms with E-state index in [0.29, 0.717) is 31.9 Å². The second kappa shape index (κ2) is 7.53. The van der Waals surface area contributed by atoms with Gasteiger partial charge in [-0.3, -0.25) is 4.79 Å². The van der Waals surface area contributed by atoms with E-state index in [1.165, 1.54) is 18.7 Å². The van der Waals surface area contributed by atoms with Gasteiger partial charge in [-0.2, -0.15) is 5.26 Å². The van der Waals surface area contributed by atoms with Gasteiger partial charge in [-0.1, -0.05) is 0 Å². The zero-order valence-corrected chi connectivity index (χ0v) is 13.9. The number of oxazole rings is 1. The fourth-order valence-corrected chi connectivity index (χ4v) is 2.71. The second-order valence-corrected chi connectivity index (χ2v) is 5.56. The molecule has 7 heteroatoms. The smallest absolute Gasteiger partial charge is 0.264 e. The summed E-state index contributed by atoms with van der Waals surface area (Å²) < 4.78 is 10.0. The first kappa shape index (κ1) is 16.6. The van der Waals surface area contributed by atoms with Gasteiger partial charge in [-0.05, 0) is 30.3 Å². The third kappa shape index (κ3) is 3.80. The molecule has 1 amide bonds. The van der Waals surface area contributed by atoms with Gasteiger partial charge in [-0.15, -0.1) is 0 Å². The molecule has 1 aliphatic heterocycles. The molecule has 0 saturated carbocycles. The number of hydrogen-bond donors (Lipinski definition) is 0. The summed E-state index contributed by atoms with van der Waals surface area (Å²) in [7, 11) is 1.64. The number of benzene rings is 1. The van der Waals surface area contributed by atoms with Crippen molar-refractivity contribution in [2.24, 2.45) is 0 Å². The Morgan fingerprint density at radius 3 is 2.56 bits per heavy atom. The van der Waals surface area contributed by atoms with E-state index in [9.17, 15) is 10.1 Å². The second-order valence-electron chi connectivity index (χ2n) is 5.56. The first-order chi connectivity index (χ1) is 12.2. The first-order valence-corrected chi connectivity index (χ1v) is 7.89. The SMILES string of the molecule is COc1ccc(N2CCN(C(=O)/C(C#N)=C\c3cocn3)CC2)cc1. The summed E-state index contributed by atoms with van der Waals surface area (Å²) in [5, 5.41) is 9.26. The Labute approximate surface area is 145 Å². The minimum atomic E-state index is -0.278. The molecule has 2 aromatic rings.